The molecule has 0 unspecified atom stereocenters. The predicted octanol–water partition coefficient (Wildman–Crippen LogP) is 1.75. The number of aromatic nitrogens is 3. The Hall–Kier alpha value is -1.25. The first-order valence-corrected chi connectivity index (χ1v) is 9.20. The highest BCUT2D eigenvalue weighted by molar-refractivity contribution is 7.89. The standard InChI is InChI=1S/C13H18N4O2S2/c1-10-12(9-16(2)15-10)21(18,19)17-6-3-4-11(8-17)13-14-5-7-20-13/h5,7,9,11H,3-4,6,8H2,1-2H3/t11-/m0/s1. The van der Waals surface area contributed by atoms with E-state index in [1.165, 1.54) is 0 Å². The number of rotatable bonds is 3. The summed E-state index contributed by atoms with van der Waals surface area (Å²) in [7, 11) is -1.73. The van der Waals surface area contributed by atoms with Gasteiger partial charge in [0.1, 0.15) is 4.90 Å². The van der Waals surface area contributed by atoms with Crippen LogP contribution in [0, 0.1) is 6.92 Å². The molecular weight excluding hydrogens is 308 g/mol. The van der Waals surface area contributed by atoms with Gasteiger partial charge in [0.25, 0.3) is 0 Å². The number of piperidine rings is 1. The molecule has 1 saturated heterocycles. The van der Waals surface area contributed by atoms with Crippen molar-refractivity contribution in [2.24, 2.45) is 7.05 Å². The third-order valence-electron chi connectivity index (χ3n) is 3.77. The molecule has 0 spiro atoms. The lowest BCUT2D eigenvalue weighted by Crippen LogP contribution is -2.39. The van der Waals surface area contributed by atoms with Crippen LogP contribution in [0.2, 0.25) is 0 Å². The molecule has 0 N–H and O–H groups in total. The van der Waals surface area contributed by atoms with Gasteiger partial charge in [-0.3, -0.25) is 4.68 Å². The molecule has 0 aliphatic carbocycles. The van der Waals surface area contributed by atoms with Gasteiger partial charge in [-0.2, -0.15) is 9.40 Å². The quantitative estimate of drug-likeness (QED) is 0.862. The molecule has 8 heteroatoms. The van der Waals surface area contributed by atoms with E-state index in [0.29, 0.717) is 23.7 Å². The van der Waals surface area contributed by atoms with E-state index >= 15 is 0 Å². The van der Waals surface area contributed by atoms with Gasteiger partial charge in [0.05, 0.1) is 10.7 Å². The smallest absolute Gasteiger partial charge is 0.246 e. The molecule has 0 bridgehead atoms. The summed E-state index contributed by atoms with van der Waals surface area (Å²) in [6.07, 6.45) is 5.21. The van der Waals surface area contributed by atoms with Crippen molar-refractivity contribution in [3.8, 4) is 0 Å². The maximum Gasteiger partial charge on any atom is 0.246 e. The summed E-state index contributed by atoms with van der Waals surface area (Å²) in [6.45, 7) is 2.80. The van der Waals surface area contributed by atoms with Crippen molar-refractivity contribution in [3.05, 3.63) is 28.5 Å². The van der Waals surface area contributed by atoms with Gasteiger partial charge >= 0.3 is 0 Å². The van der Waals surface area contributed by atoms with Crippen molar-refractivity contribution in [3.63, 3.8) is 0 Å². The fourth-order valence-corrected chi connectivity index (χ4v) is 5.26. The Labute approximate surface area is 128 Å². The molecule has 0 aromatic carbocycles. The Bertz CT molecular complexity index is 721. The van der Waals surface area contributed by atoms with Crippen LogP contribution in [0.4, 0.5) is 0 Å². The zero-order valence-electron chi connectivity index (χ0n) is 12.1. The molecule has 2 aromatic rings. The van der Waals surface area contributed by atoms with Crippen LogP contribution in [0.5, 0.6) is 0 Å². The molecule has 1 aliphatic heterocycles. The topological polar surface area (TPSA) is 68.1 Å². The molecule has 6 nitrogen and oxygen atoms in total. The molecule has 0 radical (unpaired) electrons. The second-order valence-electron chi connectivity index (χ2n) is 5.32. The number of thiazole rings is 1. The van der Waals surface area contributed by atoms with Crippen molar-refractivity contribution in [1.82, 2.24) is 19.1 Å². The first-order chi connectivity index (χ1) is 9.98. The number of hydrogen-bond donors (Lipinski definition) is 0. The van der Waals surface area contributed by atoms with Crippen molar-refractivity contribution < 1.29 is 8.42 Å². The number of sulfonamides is 1. The Morgan fingerprint density at radius 2 is 2.24 bits per heavy atom. The molecule has 1 atom stereocenters. The minimum absolute atomic E-state index is 0.200. The highest BCUT2D eigenvalue weighted by Gasteiger charge is 2.33. The van der Waals surface area contributed by atoms with Crippen LogP contribution < -0.4 is 0 Å². The van der Waals surface area contributed by atoms with Crippen molar-refractivity contribution >= 4 is 21.4 Å². The summed E-state index contributed by atoms with van der Waals surface area (Å²) < 4.78 is 28.7. The molecule has 2 aromatic heterocycles. The van der Waals surface area contributed by atoms with Gasteiger partial charge in [-0.1, -0.05) is 0 Å². The van der Waals surface area contributed by atoms with E-state index in [1.807, 2.05) is 5.38 Å². The van der Waals surface area contributed by atoms with E-state index in [1.54, 1.807) is 46.7 Å². The zero-order chi connectivity index (χ0) is 15.0. The fourth-order valence-electron chi connectivity index (χ4n) is 2.77. The van der Waals surface area contributed by atoms with Crippen molar-refractivity contribution in [2.45, 2.75) is 30.6 Å². The fraction of sp³-hybridized carbons (Fsp3) is 0.538. The Kier molecular flexibility index (Phi) is 3.85. The molecular formula is C13H18N4O2S2. The van der Waals surface area contributed by atoms with Gasteiger partial charge in [-0.25, -0.2) is 13.4 Å². The van der Waals surface area contributed by atoms with Crippen LogP contribution in [0.25, 0.3) is 0 Å². The van der Waals surface area contributed by atoms with Crippen LogP contribution in [-0.4, -0.2) is 40.6 Å². The molecule has 21 heavy (non-hydrogen) atoms. The predicted molar refractivity (Wildman–Crippen MR) is 80.8 cm³/mol. The highest BCUT2D eigenvalue weighted by Crippen LogP contribution is 2.31. The average molecular weight is 326 g/mol. The monoisotopic (exact) mass is 326 g/mol. The van der Waals surface area contributed by atoms with Gasteiger partial charge in [0.15, 0.2) is 0 Å². The molecule has 1 aliphatic rings. The van der Waals surface area contributed by atoms with E-state index in [2.05, 4.69) is 10.1 Å². The summed E-state index contributed by atoms with van der Waals surface area (Å²) in [5.74, 6) is 0.200. The van der Waals surface area contributed by atoms with Crippen molar-refractivity contribution in [2.75, 3.05) is 13.1 Å². The first kappa shape index (κ1) is 14.7. The minimum atomic E-state index is -3.47. The second kappa shape index (κ2) is 5.51. The summed E-state index contributed by atoms with van der Waals surface area (Å²) >= 11 is 1.60. The molecule has 114 valence electrons. The number of aryl methyl sites for hydroxylation is 2. The van der Waals surface area contributed by atoms with Gasteiger partial charge in [0, 0.05) is 43.8 Å². The molecule has 0 saturated carbocycles. The van der Waals surface area contributed by atoms with Gasteiger partial charge in [0.2, 0.25) is 10.0 Å². The summed E-state index contributed by atoms with van der Waals surface area (Å²) in [5, 5.41) is 7.11. The van der Waals surface area contributed by atoms with Crippen LogP contribution >= 0.6 is 11.3 Å². The molecule has 3 rings (SSSR count). The van der Waals surface area contributed by atoms with Gasteiger partial charge in [-0.15, -0.1) is 11.3 Å². The van der Waals surface area contributed by atoms with Crippen molar-refractivity contribution in [1.29, 1.82) is 0 Å². The first-order valence-electron chi connectivity index (χ1n) is 6.88. The molecule has 3 heterocycles. The maximum absolute atomic E-state index is 12.8. The van der Waals surface area contributed by atoms with E-state index in [-0.39, 0.29) is 5.92 Å². The summed E-state index contributed by atoms with van der Waals surface area (Å²) in [4.78, 5) is 4.64. The van der Waals surface area contributed by atoms with Crippen LogP contribution in [0.15, 0.2) is 22.7 Å². The number of nitrogens with zero attached hydrogens (tertiary/aromatic N) is 4. The van der Waals surface area contributed by atoms with Gasteiger partial charge < -0.3 is 0 Å². The highest BCUT2D eigenvalue weighted by atomic mass is 32.2. The lowest BCUT2D eigenvalue weighted by molar-refractivity contribution is 0.315. The third-order valence-corrected chi connectivity index (χ3v) is 6.68. The number of hydrogen-bond acceptors (Lipinski definition) is 5. The van der Waals surface area contributed by atoms with Gasteiger partial charge in [-0.05, 0) is 19.8 Å². The van der Waals surface area contributed by atoms with Crippen LogP contribution in [0.3, 0.4) is 0 Å². The average Bonchev–Trinajstić information content (AvgIpc) is 3.09. The Morgan fingerprint density at radius 3 is 2.86 bits per heavy atom. The summed E-state index contributed by atoms with van der Waals surface area (Å²) in [6, 6.07) is 0. The lowest BCUT2D eigenvalue weighted by atomic mass is 10.0. The Morgan fingerprint density at radius 1 is 1.43 bits per heavy atom. The van der Waals surface area contributed by atoms with E-state index < -0.39 is 10.0 Å². The zero-order valence-corrected chi connectivity index (χ0v) is 13.7. The van der Waals surface area contributed by atoms with Crippen LogP contribution in [-0.2, 0) is 17.1 Å². The summed E-state index contributed by atoms with van der Waals surface area (Å²) in [5.41, 5.74) is 0.550. The Balaban J connectivity index is 1.87. The van der Waals surface area contributed by atoms with E-state index in [0.717, 1.165) is 17.8 Å². The molecule has 0 amide bonds. The van der Waals surface area contributed by atoms with E-state index in [4.69, 9.17) is 0 Å². The van der Waals surface area contributed by atoms with E-state index in [9.17, 15) is 8.42 Å². The maximum atomic E-state index is 12.8. The third kappa shape index (κ3) is 2.75. The van der Waals surface area contributed by atoms with Crippen LogP contribution in [0.1, 0.15) is 29.5 Å². The normalized spacial score (nSPS) is 20.8. The minimum Gasteiger partial charge on any atom is -0.274 e. The SMILES string of the molecule is Cc1nn(C)cc1S(=O)(=O)N1CCC[C@H](c2nccs2)C1. The largest absolute Gasteiger partial charge is 0.274 e. The lowest BCUT2D eigenvalue weighted by Gasteiger charge is -2.30. The second-order valence-corrected chi connectivity index (χ2v) is 8.16. The molecule has 1 fully saturated rings.